The molecule has 0 atom stereocenters. The summed E-state index contributed by atoms with van der Waals surface area (Å²) in [6.45, 7) is 7.68. The van der Waals surface area contributed by atoms with Gasteiger partial charge in [-0.1, -0.05) is 18.2 Å². The van der Waals surface area contributed by atoms with Crippen molar-refractivity contribution in [1.29, 1.82) is 0 Å². The molecular formula is C16H23N3O. The highest BCUT2D eigenvalue weighted by molar-refractivity contribution is 5.77. The first-order chi connectivity index (χ1) is 9.92. The molecule has 1 saturated heterocycles. The van der Waals surface area contributed by atoms with Gasteiger partial charge in [0.25, 0.3) is 0 Å². The smallest absolute Gasteiger partial charge is 0.134 e. The van der Waals surface area contributed by atoms with Crippen LogP contribution in [0, 0.1) is 0 Å². The van der Waals surface area contributed by atoms with Crippen LogP contribution in [-0.4, -0.2) is 44.2 Å². The van der Waals surface area contributed by atoms with Crippen molar-refractivity contribution in [1.82, 2.24) is 15.5 Å². The zero-order valence-electron chi connectivity index (χ0n) is 11.9. The molecule has 0 aliphatic carbocycles. The standard InChI is InChI=1S/C16H23N3O/c1-2-5-16-14(4-1)12-15(20-16)13-18-6-3-9-19-10-7-17-8-11-19/h1-2,4-5,12,17-18H,3,6-11,13H2. The quantitative estimate of drug-likeness (QED) is 0.788. The molecule has 1 aliphatic heterocycles. The van der Waals surface area contributed by atoms with Crippen LogP contribution in [0.1, 0.15) is 12.2 Å². The molecule has 1 fully saturated rings. The maximum atomic E-state index is 5.78. The van der Waals surface area contributed by atoms with Crippen molar-refractivity contribution in [2.24, 2.45) is 0 Å². The lowest BCUT2D eigenvalue weighted by Gasteiger charge is -2.27. The number of piperazine rings is 1. The Labute approximate surface area is 120 Å². The largest absolute Gasteiger partial charge is 0.460 e. The molecule has 1 aromatic heterocycles. The van der Waals surface area contributed by atoms with Gasteiger partial charge >= 0.3 is 0 Å². The Morgan fingerprint density at radius 1 is 1.20 bits per heavy atom. The van der Waals surface area contributed by atoms with Crippen LogP contribution in [0.5, 0.6) is 0 Å². The number of nitrogens with one attached hydrogen (secondary N) is 2. The first-order valence-corrected chi connectivity index (χ1v) is 7.53. The van der Waals surface area contributed by atoms with Gasteiger partial charge in [-0.3, -0.25) is 0 Å². The van der Waals surface area contributed by atoms with E-state index in [1.165, 1.54) is 31.4 Å². The van der Waals surface area contributed by atoms with E-state index in [9.17, 15) is 0 Å². The average molecular weight is 273 g/mol. The van der Waals surface area contributed by atoms with Crippen molar-refractivity contribution in [2.45, 2.75) is 13.0 Å². The third-order valence-electron chi connectivity index (χ3n) is 3.81. The summed E-state index contributed by atoms with van der Waals surface area (Å²) < 4.78 is 5.78. The normalized spacial score (nSPS) is 16.8. The Morgan fingerprint density at radius 3 is 2.90 bits per heavy atom. The molecule has 1 aliphatic rings. The molecule has 3 rings (SSSR count). The summed E-state index contributed by atoms with van der Waals surface area (Å²) in [6, 6.07) is 10.3. The van der Waals surface area contributed by atoms with Crippen LogP contribution in [0.25, 0.3) is 11.0 Å². The summed E-state index contributed by atoms with van der Waals surface area (Å²) in [5.74, 6) is 1.02. The fourth-order valence-corrected chi connectivity index (χ4v) is 2.70. The number of nitrogens with zero attached hydrogens (tertiary/aromatic N) is 1. The van der Waals surface area contributed by atoms with Gasteiger partial charge in [0.15, 0.2) is 0 Å². The molecule has 0 bridgehead atoms. The van der Waals surface area contributed by atoms with Crippen molar-refractivity contribution < 1.29 is 4.42 Å². The zero-order valence-corrected chi connectivity index (χ0v) is 11.9. The second-order valence-corrected chi connectivity index (χ2v) is 5.37. The van der Waals surface area contributed by atoms with Gasteiger partial charge in [0.05, 0.1) is 6.54 Å². The van der Waals surface area contributed by atoms with Gasteiger partial charge in [0.1, 0.15) is 11.3 Å². The van der Waals surface area contributed by atoms with Crippen molar-refractivity contribution in [3.05, 3.63) is 36.1 Å². The number of rotatable bonds is 6. The summed E-state index contributed by atoms with van der Waals surface area (Å²) in [5.41, 5.74) is 0.977. The molecular weight excluding hydrogens is 250 g/mol. The van der Waals surface area contributed by atoms with E-state index in [0.29, 0.717) is 0 Å². The van der Waals surface area contributed by atoms with E-state index in [1.54, 1.807) is 0 Å². The lowest BCUT2D eigenvalue weighted by Crippen LogP contribution is -2.44. The monoisotopic (exact) mass is 273 g/mol. The van der Waals surface area contributed by atoms with E-state index < -0.39 is 0 Å². The summed E-state index contributed by atoms with van der Waals surface area (Å²) in [7, 11) is 0. The van der Waals surface area contributed by atoms with E-state index in [4.69, 9.17) is 4.42 Å². The number of hydrogen-bond acceptors (Lipinski definition) is 4. The number of fused-ring (bicyclic) bond motifs is 1. The number of hydrogen-bond donors (Lipinski definition) is 2. The van der Waals surface area contributed by atoms with Gasteiger partial charge in [0.2, 0.25) is 0 Å². The highest BCUT2D eigenvalue weighted by Gasteiger charge is 2.08. The predicted octanol–water partition coefficient (Wildman–Crippen LogP) is 1.82. The maximum Gasteiger partial charge on any atom is 0.134 e. The maximum absolute atomic E-state index is 5.78. The molecule has 1 aromatic carbocycles. The van der Waals surface area contributed by atoms with Crippen molar-refractivity contribution in [3.8, 4) is 0 Å². The molecule has 4 heteroatoms. The topological polar surface area (TPSA) is 40.4 Å². The second kappa shape index (κ2) is 6.88. The minimum atomic E-state index is 0.816. The third-order valence-corrected chi connectivity index (χ3v) is 3.81. The SMILES string of the molecule is c1ccc2oc(CNCCCN3CCNCC3)cc2c1. The van der Waals surface area contributed by atoms with Crippen molar-refractivity contribution >= 4 is 11.0 Å². The summed E-state index contributed by atoms with van der Waals surface area (Å²) in [4.78, 5) is 2.53. The molecule has 2 heterocycles. The molecule has 0 radical (unpaired) electrons. The van der Waals surface area contributed by atoms with Gasteiger partial charge < -0.3 is 20.0 Å². The second-order valence-electron chi connectivity index (χ2n) is 5.37. The summed E-state index contributed by atoms with van der Waals surface area (Å²) in [6.07, 6.45) is 1.19. The molecule has 2 aromatic rings. The zero-order chi connectivity index (χ0) is 13.6. The van der Waals surface area contributed by atoms with Crippen molar-refractivity contribution in [3.63, 3.8) is 0 Å². The fraction of sp³-hybridized carbons (Fsp3) is 0.500. The van der Waals surface area contributed by atoms with Gasteiger partial charge in [-0.25, -0.2) is 0 Å². The van der Waals surface area contributed by atoms with Gasteiger partial charge in [-0.05, 0) is 31.6 Å². The van der Waals surface area contributed by atoms with Crippen LogP contribution in [0.3, 0.4) is 0 Å². The number of para-hydroxylation sites is 1. The summed E-state index contributed by atoms with van der Waals surface area (Å²) in [5, 5.41) is 8.03. The van der Waals surface area contributed by atoms with Gasteiger partial charge in [-0.2, -0.15) is 0 Å². The molecule has 20 heavy (non-hydrogen) atoms. The average Bonchev–Trinajstić information content (AvgIpc) is 2.90. The Morgan fingerprint density at radius 2 is 2.05 bits per heavy atom. The minimum Gasteiger partial charge on any atom is -0.460 e. The summed E-state index contributed by atoms with van der Waals surface area (Å²) >= 11 is 0. The Balaban J connectivity index is 1.37. The molecule has 2 N–H and O–H groups in total. The highest BCUT2D eigenvalue weighted by Crippen LogP contribution is 2.18. The first-order valence-electron chi connectivity index (χ1n) is 7.53. The van der Waals surface area contributed by atoms with E-state index in [-0.39, 0.29) is 0 Å². The molecule has 0 saturated carbocycles. The van der Waals surface area contributed by atoms with E-state index in [0.717, 1.165) is 37.5 Å². The lowest BCUT2D eigenvalue weighted by molar-refractivity contribution is 0.237. The highest BCUT2D eigenvalue weighted by atomic mass is 16.3. The van der Waals surface area contributed by atoms with Crippen LogP contribution in [-0.2, 0) is 6.54 Å². The van der Waals surface area contributed by atoms with Gasteiger partial charge in [0, 0.05) is 31.6 Å². The van der Waals surface area contributed by atoms with Gasteiger partial charge in [-0.15, -0.1) is 0 Å². The van der Waals surface area contributed by atoms with E-state index >= 15 is 0 Å². The van der Waals surface area contributed by atoms with E-state index in [1.807, 2.05) is 18.2 Å². The van der Waals surface area contributed by atoms with Crippen LogP contribution in [0.4, 0.5) is 0 Å². The molecule has 0 spiro atoms. The molecule has 0 unspecified atom stereocenters. The number of furan rings is 1. The lowest BCUT2D eigenvalue weighted by atomic mass is 10.2. The van der Waals surface area contributed by atoms with Crippen LogP contribution in [0.15, 0.2) is 34.7 Å². The predicted molar refractivity (Wildman–Crippen MR) is 81.8 cm³/mol. The Hall–Kier alpha value is -1.36. The molecule has 4 nitrogen and oxygen atoms in total. The van der Waals surface area contributed by atoms with Crippen LogP contribution < -0.4 is 10.6 Å². The number of benzene rings is 1. The molecule has 108 valence electrons. The first kappa shape index (κ1) is 13.6. The van der Waals surface area contributed by atoms with Crippen LogP contribution in [0.2, 0.25) is 0 Å². The van der Waals surface area contributed by atoms with Crippen LogP contribution >= 0.6 is 0 Å². The Kier molecular flexibility index (Phi) is 4.69. The van der Waals surface area contributed by atoms with Crippen molar-refractivity contribution in [2.75, 3.05) is 39.3 Å². The van der Waals surface area contributed by atoms with E-state index in [2.05, 4.69) is 27.7 Å². The third kappa shape index (κ3) is 3.60. The Bertz CT molecular complexity index is 498. The molecule has 0 amide bonds. The fourth-order valence-electron chi connectivity index (χ4n) is 2.70. The minimum absolute atomic E-state index is 0.816.